The second-order valence-corrected chi connectivity index (χ2v) is 7.41. The third-order valence-electron chi connectivity index (χ3n) is 4.18. The van der Waals surface area contributed by atoms with Crippen molar-refractivity contribution in [1.29, 1.82) is 0 Å². The summed E-state index contributed by atoms with van der Waals surface area (Å²) in [6.45, 7) is 0.776. The third-order valence-corrected chi connectivity index (χ3v) is 4.18. The first-order chi connectivity index (χ1) is 15.4. The van der Waals surface area contributed by atoms with Gasteiger partial charge in [-0.25, -0.2) is 0 Å². The molecule has 8 heteroatoms. The van der Waals surface area contributed by atoms with Gasteiger partial charge < -0.3 is 35.7 Å². The molecule has 0 radical (unpaired) electrons. The molecule has 7 N–H and O–H groups in total. The van der Waals surface area contributed by atoms with Crippen molar-refractivity contribution in [2.75, 3.05) is 26.4 Å². The topological polar surface area (TPSA) is 159 Å². The number of aliphatic carboxylic acids is 1. The highest BCUT2D eigenvalue weighted by atomic mass is 16.4. The number of aliphatic hydroxyl groups is 6. The number of unbranched alkanes of at least 4 members (excludes halogenated alkanes) is 8. The van der Waals surface area contributed by atoms with Gasteiger partial charge in [-0.2, -0.15) is 0 Å². The minimum Gasteiger partial charge on any atom is -0.481 e. The molecule has 0 bridgehead atoms. The zero-order chi connectivity index (χ0) is 24.9. The molecule has 192 valence electrons. The molecule has 0 unspecified atom stereocenters. The molecule has 0 aromatic rings. The molecule has 0 atom stereocenters. The zero-order valence-electron chi connectivity index (χ0n) is 19.8. The molecule has 0 aliphatic rings. The predicted molar refractivity (Wildman–Crippen MR) is 127 cm³/mol. The monoisotopic (exact) mass is 464 g/mol. The highest BCUT2D eigenvalue weighted by Gasteiger charge is 1.96. The van der Waals surface area contributed by atoms with E-state index in [1.54, 1.807) is 0 Å². The lowest BCUT2D eigenvalue weighted by molar-refractivity contribution is -0.137. The fourth-order valence-corrected chi connectivity index (χ4v) is 2.20. The van der Waals surface area contributed by atoms with E-state index in [1.165, 1.54) is 44.9 Å². The number of carboxylic acid groups (broad SMARTS) is 1. The molecule has 32 heavy (non-hydrogen) atoms. The van der Waals surface area contributed by atoms with Crippen LogP contribution in [0.15, 0.2) is 24.3 Å². The van der Waals surface area contributed by atoms with E-state index >= 15 is 0 Å². The van der Waals surface area contributed by atoms with Crippen LogP contribution in [-0.2, 0) is 4.79 Å². The first-order valence-electron chi connectivity index (χ1n) is 11.7. The summed E-state index contributed by atoms with van der Waals surface area (Å²) in [4.78, 5) is 10.3. The third kappa shape index (κ3) is 39.2. The lowest BCUT2D eigenvalue weighted by Gasteiger charge is -1.98. The van der Waals surface area contributed by atoms with Crippen LogP contribution in [-0.4, -0.2) is 80.4 Å². The van der Waals surface area contributed by atoms with Gasteiger partial charge in [0.05, 0.1) is 26.4 Å². The number of carboxylic acids is 1. The Labute approximate surface area is 193 Å². The number of aliphatic hydroxyl groups excluding tert-OH is 6. The van der Waals surface area contributed by atoms with Crippen LogP contribution in [0.4, 0.5) is 0 Å². The van der Waals surface area contributed by atoms with Gasteiger partial charge in [0.2, 0.25) is 0 Å². The van der Waals surface area contributed by atoms with Gasteiger partial charge in [0, 0.05) is 6.42 Å². The maximum Gasteiger partial charge on any atom is 0.303 e. The summed E-state index contributed by atoms with van der Waals surface area (Å²) in [5.74, 6) is -0.671. The summed E-state index contributed by atoms with van der Waals surface area (Å²) in [7, 11) is 0. The van der Waals surface area contributed by atoms with Crippen LogP contribution in [0, 0.1) is 0 Å². The molecule has 0 amide bonds. The molecule has 0 aromatic carbocycles. The number of carbonyl (C=O) groups is 1. The summed E-state index contributed by atoms with van der Waals surface area (Å²) < 4.78 is 0. The van der Waals surface area contributed by atoms with Crippen molar-refractivity contribution in [3.8, 4) is 0 Å². The molecule has 0 saturated heterocycles. The second-order valence-electron chi connectivity index (χ2n) is 7.41. The van der Waals surface area contributed by atoms with Crippen molar-refractivity contribution in [2.24, 2.45) is 0 Å². The van der Waals surface area contributed by atoms with Crippen molar-refractivity contribution in [1.82, 2.24) is 0 Å². The fourth-order valence-electron chi connectivity index (χ4n) is 2.20. The van der Waals surface area contributed by atoms with Crippen LogP contribution < -0.4 is 0 Å². The van der Waals surface area contributed by atoms with Gasteiger partial charge in [-0.15, -0.1) is 0 Å². The van der Waals surface area contributed by atoms with E-state index in [2.05, 4.69) is 31.2 Å². The van der Waals surface area contributed by atoms with Gasteiger partial charge in [0.1, 0.15) is 12.2 Å². The van der Waals surface area contributed by atoms with E-state index in [0.29, 0.717) is 6.42 Å². The molecule has 8 nitrogen and oxygen atoms in total. The van der Waals surface area contributed by atoms with Gasteiger partial charge in [-0.1, -0.05) is 63.3 Å². The van der Waals surface area contributed by atoms with E-state index in [-0.39, 0.29) is 26.4 Å². The largest absolute Gasteiger partial charge is 0.481 e. The van der Waals surface area contributed by atoms with Crippen molar-refractivity contribution in [2.45, 2.75) is 96.2 Å². The fraction of sp³-hybridized carbons (Fsp3) is 0.792. The molecular formula is C24H48O8. The predicted octanol–water partition coefficient (Wildman–Crippen LogP) is 2.55. The smallest absolute Gasteiger partial charge is 0.303 e. The Hall–Kier alpha value is -1.29. The Morgan fingerprint density at radius 2 is 1.06 bits per heavy atom. The van der Waals surface area contributed by atoms with Gasteiger partial charge in [-0.3, -0.25) is 4.79 Å². The van der Waals surface area contributed by atoms with Crippen molar-refractivity contribution < 1.29 is 40.5 Å². The molecule has 0 spiro atoms. The van der Waals surface area contributed by atoms with E-state index < -0.39 is 18.2 Å². The van der Waals surface area contributed by atoms with Crippen LogP contribution in [0.25, 0.3) is 0 Å². The first-order valence-corrected chi connectivity index (χ1v) is 11.7. The summed E-state index contributed by atoms with van der Waals surface area (Å²) in [5.41, 5.74) is 0. The SMILES string of the molecule is CCCCC/C=C\C/C=C\CCCCCCCC(=O)O.OCC(O)CO.OCC(O)CO. The summed E-state index contributed by atoms with van der Waals surface area (Å²) >= 11 is 0. The highest BCUT2D eigenvalue weighted by molar-refractivity contribution is 5.66. The van der Waals surface area contributed by atoms with E-state index in [4.69, 9.17) is 35.7 Å². The van der Waals surface area contributed by atoms with Crippen LogP contribution in [0.5, 0.6) is 0 Å². The Morgan fingerprint density at radius 3 is 1.44 bits per heavy atom. The standard InChI is InChI=1S/C18H32O2.2C3H8O3/c1-2-3-4-5-6-7-8-9-10-11-12-13-14-15-16-17-18(19)20;2*4-1-3(6)2-5/h6-7,9-10H,2-5,8,11-17H2,1H3,(H,19,20);2*3-6H,1-2H2/b7-6-,10-9-;;. The number of rotatable bonds is 18. The molecule has 0 aromatic heterocycles. The van der Waals surface area contributed by atoms with Crippen molar-refractivity contribution in [3.63, 3.8) is 0 Å². The van der Waals surface area contributed by atoms with Crippen LogP contribution in [0.1, 0.15) is 84.0 Å². The highest BCUT2D eigenvalue weighted by Crippen LogP contribution is 2.08. The van der Waals surface area contributed by atoms with Crippen LogP contribution in [0.2, 0.25) is 0 Å². The maximum atomic E-state index is 10.3. The lowest BCUT2D eigenvalue weighted by Crippen LogP contribution is -2.15. The van der Waals surface area contributed by atoms with Crippen molar-refractivity contribution in [3.05, 3.63) is 24.3 Å². The summed E-state index contributed by atoms with van der Waals surface area (Å²) in [6.07, 6.45) is 20.4. The van der Waals surface area contributed by atoms with E-state index in [1.807, 2.05) is 0 Å². The second kappa shape index (κ2) is 31.9. The Balaban J connectivity index is -0.000000571. The molecule has 0 heterocycles. The van der Waals surface area contributed by atoms with Gasteiger partial charge in [-0.05, 0) is 38.5 Å². The normalized spacial score (nSPS) is 11.0. The first kappa shape index (κ1) is 35.3. The Morgan fingerprint density at radius 1 is 0.656 bits per heavy atom. The van der Waals surface area contributed by atoms with Crippen LogP contribution >= 0.6 is 0 Å². The quantitative estimate of drug-likeness (QED) is 0.120. The minimum absolute atomic E-state index is 0.324. The molecular weight excluding hydrogens is 416 g/mol. The average Bonchev–Trinajstić information content (AvgIpc) is 2.81. The van der Waals surface area contributed by atoms with Gasteiger partial charge in [0.15, 0.2) is 0 Å². The zero-order valence-corrected chi connectivity index (χ0v) is 19.8. The molecule has 0 fully saturated rings. The molecule has 0 aliphatic heterocycles. The Kier molecular flexibility index (Phi) is 35.2. The van der Waals surface area contributed by atoms with Gasteiger partial charge in [0.25, 0.3) is 0 Å². The number of hydrogen-bond donors (Lipinski definition) is 7. The van der Waals surface area contributed by atoms with E-state index in [9.17, 15) is 4.79 Å². The van der Waals surface area contributed by atoms with Gasteiger partial charge >= 0.3 is 5.97 Å². The van der Waals surface area contributed by atoms with Crippen LogP contribution in [0.3, 0.4) is 0 Å². The number of allylic oxidation sites excluding steroid dienone is 4. The number of hydrogen-bond acceptors (Lipinski definition) is 7. The average molecular weight is 465 g/mol. The maximum absolute atomic E-state index is 10.3. The minimum atomic E-state index is -0.954. The molecule has 0 aliphatic carbocycles. The van der Waals surface area contributed by atoms with Crippen molar-refractivity contribution >= 4 is 5.97 Å². The Bertz CT molecular complexity index is 395. The van der Waals surface area contributed by atoms with E-state index in [0.717, 1.165) is 25.7 Å². The lowest BCUT2D eigenvalue weighted by atomic mass is 10.1. The summed E-state index contributed by atoms with van der Waals surface area (Å²) in [5, 5.41) is 56.5. The summed E-state index contributed by atoms with van der Waals surface area (Å²) in [6, 6.07) is 0. The molecule has 0 rings (SSSR count). The molecule has 0 saturated carbocycles.